The number of nitrogens with two attached hydrogens (primary N) is 1. The van der Waals surface area contributed by atoms with Crippen molar-refractivity contribution in [2.24, 2.45) is 5.73 Å². The van der Waals surface area contributed by atoms with Gasteiger partial charge in [0.05, 0.1) is 39.5 Å². The normalized spacial score (nSPS) is 16.7. The van der Waals surface area contributed by atoms with E-state index in [2.05, 4.69) is 16.0 Å². The maximum atomic E-state index is 12.7. The number of hydrogen-bond donors (Lipinski definition) is 4. The van der Waals surface area contributed by atoms with Crippen LogP contribution in [0.2, 0.25) is 0 Å². The molecule has 0 bridgehead atoms. The highest BCUT2D eigenvalue weighted by Crippen LogP contribution is 2.38. The summed E-state index contributed by atoms with van der Waals surface area (Å²) < 4.78 is 10.2. The summed E-state index contributed by atoms with van der Waals surface area (Å²) in [6.45, 7) is 6.42. The van der Waals surface area contributed by atoms with Crippen LogP contribution >= 0.6 is 11.8 Å². The van der Waals surface area contributed by atoms with Crippen LogP contribution in [0, 0.1) is 0 Å². The van der Waals surface area contributed by atoms with E-state index in [0.29, 0.717) is 32.7 Å². The van der Waals surface area contributed by atoms with Crippen LogP contribution in [0.1, 0.15) is 58.8 Å². The molecule has 14 heteroatoms. The molecule has 1 saturated heterocycles. The highest BCUT2D eigenvalue weighted by molar-refractivity contribution is 8.03. The molecule has 1 aliphatic heterocycles. The Hall–Kier alpha value is -2.16. The molecule has 1 rings (SSSR count). The molecule has 1 aliphatic rings. The minimum Gasteiger partial charge on any atom is -0.379 e. The number of thioether (sulfide) groups is 1. The zero-order valence-corrected chi connectivity index (χ0v) is 24.1. The number of nitrogens with one attached hydrogen (secondary N) is 3. The van der Waals surface area contributed by atoms with E-state index in [-0.39, 0.29) is 88.1 Å². The van der Waals surface area contributed by atoms with E-state index < -0.39 is 9.90 Å². The number of nitrogens with zero attached hydrogens (tertiary/aromatic N) is 1. The number of rotatable bonds is 22. The van der Waals surface area contributed by atoms with E-state index >= 15 is 0 Å². The third-order valence-corrected chi connectivity index (χ3v) is 7.58. The topological polar surface area (TPSA) is 169 Å². The van der Waals surface area contributed by atoms with Crippen molar-refractivity contribution in [3.05, 3.63) is 0 Å². The van der Waals surface area contributed by atoms with Gasteiger partial charge in [0.25, 0.3) is 0 Å². The van der Waals surface area contributed by atoms with Gasteiger partial charge in [0.15, 0.2) is 0 Å². The van der Waals surface area contributed by atoms with E-state index in [9.17, 15) is 24.0 Å². The predicted molar refractivity (Wildman–Crippen MR) is 150 cm³/mol. The molecular formula is C25H44BN5O7S. The lowest BCUT2D eigenvalue weighted by Gasteiger charge is -2.30. The Morgan fingerprint density at radius 3 is 2.15 bits per heavy atom. The van der Waals surface area contributed by atoms with E-state index in [1.54, 1.807) is 0 Å². The lowest BCUT2D eigenvalue weighted by atomic mass is 9.80. The van der Waals surface area contributed by atoms with Gasteiger partial charge < -0.3 is 31.2 Å². The molecule has 2 radical (unpaired) electrons. The first kappa shape index (κ1) is 34.9. The molecule has 5 amide bonds. The fourth-order valence-electron chi connectivity index (χ4n) is 3.77. The van der Waals surface area contributed by atoms with Crippen molar-refractivity contribution < 1.29 is 33.4 Å². The third-order valence-electron chi connectivity index (χ3n) is 5.97. The Balaban J connectivity index is 2.07. The monoisotopic (exact) mass is 569 g/mol. The van der Waals surface area contributed by atoms with Gasteiger partial charge in [-0.1, -0.05) is 20.3 Å². The van der Waals surface area contributed by atoms with Gasteiger partial charge in [-0.15, -0.1) is 0 Å². The Bertz CT molecular complexity index is 807. The number of likely N-dealkylation sites (tertiary alicyclic amines) is 1. The van der Waals surface area contributed by atoms with Crippen LogP contribution in [0.15, 0.2) is 0 Å². The van der Waals surface area contributed by atoms with Gasteiger partial charge in [0.1, 0.15) is 0 Å². The molecule has 39 heavy (non-hydrogen) atoms. The lowest BCUT2D eigenvalue weighted by Crippen LogP contribution is -2.37. The van der Waals surface area contributed by atoms with Crippen molar-refractivity contribution in [1.29, 1.82) is 0 Å². The summed E-state index contributed by atoms with van der Waals surface area (Å²) in [4.78, 5) is 61.2. The number of carbonyl (C=O) groups excluding carboxylic acids is 5. The largest absolute Gasteiger partial charge is 0.379 e. The number of hydrogen-bond acceptors (Lipinski definition) is 9. The van der Waals surface area contributed by atoms with Gasteiger partial charge in [-0.25, -0.2) is 0 Å². The Morgan fingerprint density at radius 2 is 1.54 bits per heavy atom. The number of amides is 5. The highest BCUT2D eigenvalue weighted by Gasteiger charge is 2.41. The molecule has 0 spiro atoms. The summed E-state index contributed by atoms with van der Waals surface area (Å²) >= 11 is 1.37. The summed E-state index contributed by atoms with van der Waals surface area (Å²) in [5.74, 6) is -1.14. The molecule has 0 aliphatic carbocycles. The van der Waals surface area contributed by atoms with E-state index in [0.717, 1.165) is 17.7 Å². The maximum absolute atomic E-state index is 12.7. The highest BCUT2D eigenvalue weighted by atomic mass is 32.2. The molecule has 2 unspecified atom stereocenters. The molecule has 5 N–H and O–H groups in total. The predicted octanol–water partition coefficient (Wildman–Crippen LogP) is -0.567. The fraction of sp³-hybridized carbons (Fsp3) is 0.800. The zero-order chi connectivity index (χ0) is 29.1. The second-order valence-electron chi connectivity index (χ2n) is 9.18. The first-order valence-corrected chi connectivity index (χ1v) is 14.5. The average molecular weight is 570 g/mol. The average Bonchev–Trinajstić information content (AvgIpc) is 3.15. The second kappa shape index (κ2) is 19.8. The summed E-state index contributed by atoms with van der Waals surface area (Å²) in [5.41, 5.74) is 5.28. The molecule has 220 valence electrons. The lowest BCUT2D eigenvalue weighted by molar-refractivity contribution is -0.138. The van der Waals surface area contributed by atoms with Crippen molar-refractivity contribution in [3.63, 3.8) is 0 Å². The Kier molecular flexibility index (Phi) is 17.7. The molecule has 1 heterocycles. The van der Waals surface area contributed by atoms with Crippen LogP contribution < -0.4 is 21.7 Å². The van der Waals surface area contributed by atoms with Crippen LogP contribution in [0.4, 0.5) is 0 Å². The van der Waals surface area contributed by atoms with Gasteiger partial charge >= 0.3 is 0 Å². The molecule has 0 aromatic carbocycles. The number of carbonyl (C=O) groups is 5. The first-order chi connectivity index (χ1) is 18.7. The first-order valence-electron chi connectivity index (χ1n) is 13.6. The molecular weight excluding hydrogens is 525 g/mol. The van der Waals surface area contributed by atoms with Gasteiger partial charge in [-0.2, -0.15) is 11.8 Å². The van der Waals surface area contributed by atoms with Gasteiger partial charge in [0, 0.05) is 58.4 Å². The van der Waals surface area contributed by atoms with Crippen LogP contribution in [-0.2, 0) is 33.4 Å². The minimum absolute atomic E-state index is 0.0244. The van der Waals surface area contributed by atoms with Crippen molar-refractivity contribution in [3.8, 4) is 0 Å². The standard InChI is InChI=1S/C25H44BN5O7S/c1-3-8-25(26,4-2)39-19-18-23(35)31(24(19)36)13-6-21(33)30-12-15-38-17-16-37-14-7-22(34)29-11-10-28-20(32)5-9-27/h19H,3-18,27H2,1-2H3,(H,28,32)(H,29,34)(H,30,33). The number of ether oxygens (including phenoxy) is 2. The summed E-state index contributed by atoms with van der Waals surface area (Å²) in [6.07, 6.45) is 2.95. The summed E-state index contributed by atoms with van der Waals surface area (Å²) in [6, 6.07) is 0. The van der Waals surface area contributed by atoms with E-state index in [4.69, 9.17) is 23.1 Å². The van der Waals surface area contributed by atoms with Crippen LogP contribution in [0.3, 0.4) is 0 Å². The molecule has 2 atom stereocenters. The Morgan fingerprint density at radius 1 is 0.949 bits per heavy atom. The van der Waals surface area contributed by atoms with Gasteiger partial charge in [-0.3, -0.25) is 28.9 Å². The van der Waals surface area contributed by atoms with Crippen LogP contribution in [0.25, 0.3) is 0 Å². The summed E-state index contributed by atoms with van der Waals surface area (Å²) in [7, 11) is 6.39. The van der Waals surface area contributed by atoms with Gasteiger partial charge in [-0.05, 0) is 17.5 Å². The molecule has 0 aromatic rings. The van der Waals surface area contributed by atoms with Crippen molar-refractivity contribution in [1.82, 2.24) is 20.9 Å². The second-order valence-corrected chi connectivity index (χ2v) is 10.8. The molecule has 0 saturated carbocycles. The number of imide groups is 1. The van der Waals surface area contributed by atoms with E-state index in [1.165, 1.54) is 11.8 Å². The van der Waals surface area contributed by atoms with Gasteiger partial charge in [0.2, 0.25) is 29.5 Å². The van der Waals surface area contributed by atoms with E-state index in [1.807, 2.05) is 13.8 Å². The summed E-state index contributed by atoms with van der Waals surface area (Å²) in [5, 5.41) is 7.52. The molecule has 12 nitrogen and oxygen atoms in total. The minimum atomic E-state index is -0.534. The van der Waals surface area contributed by atoms with Crippen molar-refractivity contribution in [2.75, 3.05) is 59.2 Å². The molecule has 0 aromatic heterocycles. The Labute approximate surface area is 237 Å². The fourth-order valence-corrected chi connectivity index (χ4v) is 5.28. The third kappa shape index (κ3) is 14.7. The van der Waals surface area contributed by atoms with Crippen LogP contribution in [0.5, 0.6) is 0 Å². The molecule has 1 fully saturated rings. The quantitative estimate of drug-likeness (QED) is 0.0758. The van der Waals surface area contributed by atoms with Crippen LogP contribution in [-0.4, -0.2) is 111 Å². The maximum Gasteiger partial charge on any atom is 0.242 e. The smallest absolute Gasteiger partial charge is 0.242 e. The van der Waals surface area contributed by atoms with Crippen molar-refractivity contribution >= 4 is 49.1 Å². The van der Waals surface area contributed by atoms with Crippen molar-refractivity contribution in [2.45, 2.75) is 68.7 Å². The SMILES string of the molecule is [B]C(CC)(CCC)SC1CC(=O)N(CCC(=O)NCCOCCOCCC(=O)NCCNC(=O)CCN)C1=O. The zero-order valence-electron chi connectivity index (χ0n) is 23.3.